The molecule has 8 nitrogen and oxygen atoms in total. The van der Waals surface area contributed by atoms with Crippen LogP contribution in [0.5, 0.6) is 0 Å². The van der Waals surface area contributed by atoms with Crippen LogP contribution in [0.3, 0.4) is 0 Å². The summed E-state index contributed by atoms with van der Waals surface area (Å²) in [6.07, 6.45) is 2.89. The first-order valence-corrected chi connectivity index (χ1v) is 8.47. The zero-order valence-corrected chi connectivity index (χ0v) is 14.1. The minimum Gasteiger partial charge on any atom is -0.480 e. The van der Waals surface area contributed by atoms with Gasteiger partial charge in [0, 0.05) is 19.4 Å². The molecule has 1 unspecified atom stereocenters. The summed E-state index contributed by atoms with van der Waals surface area (Å²) >= 11 is 0. The Balaban J connectivity index is 2.74. The summed E-state index contributed by atoms with van der Waals surface area (Å²) < 4.78 is 25.4. The van der Waals surface area contributed by atoms with Crippen molar-refractivity contribution < 1.29 is 23.1 Å². The number of rotatable bonds is 8. The van der Waals surface area contributed by atoms with Crippen LogP contribution < -0.4 is 5.32 Å². The van der Waals surface area contributed by atoms with E-state index in [2.05, 4.69) is 10.3 Å². The molecule has 0 spiro atoms. The highest BCUT2D eigenvalue weighted by Gasteiger charge is 2.26. The van der Waals surface area contributed by atoms with Crippen molar-refractivity contribution in [2.75, 3.05) is 13.6 Å². The average Bonchev–Trinajstić information content (AvgIpc) is 2.46. The van der Waals surface area contributed by atoms with Crippen molar-refractivity contribution in [3.05, 3.63) is 24.5 Å². The van der Waals surface area contributed by atoms with Crippen LogP contribution in [0.2, 0.25) is 0 Å². The number of carbonyl (C=O) groups excluding carboxylic acids is 1. The molecule has 1 rings (SSSR count). The maximum Gasteiger partial charge on any atom is 0.326 e. The number of sulfonamides is 1. The summed E-state index contributed by atoms with van der Waals surface area (Å²) in [6, 6.07) is 1.80. The molecule has 0 fully saturated rings. The molecule has 0 aliphatic rings. The Kier molecular flexibility index (Phi) is 6.64. The molecule has 128 valence electrons. The summed E-state index contributed by atoms with van der Waals surface area (Å²) in [5.41, 5.74) is 0. The number of carbonyl (C=O) groups is 2. The molecule has 1 heterocycles. The maximum atomic E-state index is 12.3. The molecule has 0 saturated heterocycles. The van der Waals surface area contributed by atoms with E-state index in [1.807, 2.05) is 13.8 Å². The third-order valence-corrected chi connectivity index (χ3v) is 4.84. The van der Waals surface area contributed by atoms with Crippen LogP contribution in [-0.2, 0) is 19.6 Å². The Morgan fingerprint density at radius 3 is 2.52 bits per heavy atom. The quantitative estimate of drug-likeness (QED) is 0.702. The summed E-state index contributed by atoms with van der Waals surface area (Å²) in [7, 11) is -2.60. The molecule has 0 aromatic carbocycles. The van der Waals surface area contributed by atoms with Gasteiger partial charge in [-0.15, -0.1) is 0 Å². The predicted molar refractivity (Wildman–Crippen MR) is 83.1 cm³/mol. The average molecular weight is 343 g/mol. The van der Waals surface area contributed by atoms with Crippen LogP contribution in [0.25, 0.3) is 0 Å². The number of nitrogens with one attached hydrogen (secondary N) is 1. The molecule has 1 aromatic heterocycles. The van der Waals surface area contributed by atoms with Crippen molar-refractivity contribution in [3.63, 3.8) is 0 Å². The number of nitrogens with zero attached hydrogens (tertiary/aromatic N) is 2. The highest BCUT2D eigenvalue weighted by Crippen LogP contribution is 2.12. The van der Waals surface area contributed by atoms with E-state index in [9.17, 15) is 18.0 Å². The monoisotopic (exact) mass is 343 g/mol. The zero-order chi connectivity index (χ0) is 17.6. The Labute approximate surface area is 135 Å². The van der Waals surface area contributed by atoms with Gasteiger partial charge >= 0.3 is 5.97 Å². The number of carboxylic acid groups (broad SMARTS) is 1. The van der Waals surface area contributed by atoms with Crippen LogP contribution >= 0.6 is 0 Å². The lowest BCUT2D eigenvalue weighted by molar-refractivity contribution is -0.142. The first-order chi connectivity index (χ1) is 10.6. The molecule has 0 aliphatic heterocycles. The number of hydrogen-bond donors (Lipinski definition) is 2. The van der Waals surface area contributed by atoms with Crippen molar-refractivity contribution in [1.29, 1.82) is 0 Å². The van der Waals surface area contributed by atoms with Crippen molar-refractivity contribution >= 4 is 21.9 Å². The van der Waals surface area contributed by atoms with Crippen molar-refractivity contribution in [2.45, 2.75) is 31.2 Å². The number of hydrogen-bond acceptors (Lipinski definition) is 5. The molecule has 1 amide bonds. The molecule has 1 aromatic rings. The van der Waals surface area contributed by atoms with Crippen LogP contribution in [0.15, 0.2) is 29.4 Å². The molecular formula is C14H21N3O5S. The second-order valence-electron chi connectivity index (χ2n) is 5.54. The Morgan fingerprint density at radius 1 is 1.39 bits per heavy atom. The first kappa shape index (κ1) is 19.0. The molecule has 2 N–H and O–H groups in total. The van der Waals surface area contributed by atoms with Crippen molar-refractivity contribution in [2.24, 2.45) is 5.92 Å². The number of amides is 1. The largest absolute Gasteiger partial charge is 0.480 e. The zero-order valence-electron chi connectivity index (χ0n) is 13.3. The second-order valence-corrected chi connectivity index (χ2v) is 7.58. The van der Waals surface area contributed by atoms with E-state index in [0.717, 1.165) is 4.31 Å². The molecule has 0 bridgehead atoms. The molecule has 1 atom stereocenters. The van der Waals surface area contributed by atoms with Gasteiger partial charge < -0.3 is 10.4 Å². The van der Waals surface area contributed by atoms with E-state index in [4.69, 9.17) is 5.11 Å². The third-order valence-electron chi connectivity index (χ3n) is 3.05. The Hall–Kier alpha value is -2.00. The van der Waals surface area contributed by atoms with Gasteiger partial charge in [-0.05, 0) is 24.5 Å². The van der Waals surface area contributed by atoms with E-state index >= 15 is 0 Å². The molecule has 0 radical (unpaired) electrons. The van der Waals surface area contributed by atoms with Gasteiger partial charge in [0.1, 0.15) is 10.9 Å². The highest BCUT2D eigenvalue weighted by molar-refractivity contribution is 7.89. The number of aromatic nitrogens is 1. The van der Waals surface area contributed by atoms with Gasteiger partial charge in [-0.25, -0.2) is 13.2 Å². The minimum atomic E-state index is -3.85. The van der Waals surface area contributed by atoms with Gasteiger partial charge in [0.2, 0.25) is 15.9 Å². The van der Waals surface area contributed by atoms with Crippen molar-refractivity contribution in [3.8, 4) is 0 Å². The lowest BCUT2D eigenvalue weighted by atomic mass is 10.0. The Morgan fingerprint density at radius 2 is 2.04 bits per heavy atom. The number of likely N-dealkylation sites (N-methyl/N-ethyl adjacent to an activating group) is 1. The number of pyridine rings is 1. The third kappa shape index (κ3) is 5.61. The summed E-state index contributed by atoms with van der Waals surface area (Å²) in [5, 5.41) is 11.4. The van der Waals surface area contributed by atoms with Gasteiger partial charge in [0.25, 0.3) is 0 Å². The normalized spacial score (nSPS) is 13.1. The topological polar surface area (TPSA) is 117 Å². The smallest absolute Gasteiger partial charge is 0.326 e. The second kappa shape index (κ2) is 8.02. The minimum absolute atomic E-state index is 0.0349. The van der Waals surface area contributed by atoms with Gasteiger partial charge in [0.15, 0.2) is 0 Å². The molecule has 23 heavy (non-hydrogen) atoms. The summed E-state index contributed by atoms with van der Waals surface area (Å²) in [6.45, 7) is 3.20. The van der Waals surface area contributed by atoms with Crippen molar-refractivity contribution in [1.82, 2.24) is 14.6 Å². The summed E-state index contributed by atoms with van der Waals surface area (Å²) in [4.78, 5) is 26.7. The molecule has 9 heteroatoms. The van der Waals surface area contributed by atoms with Gasteiger partial charge in [-0.2, -0.15) is 4.31 Å². The SMILES string of the molecule is CC(C)CC(NC(=O)CN(C)S(=O)(=O)c1cccnc1)C(=O)O. The predicted octanol–water partition coefficient (Wildman–Crippen LogP) is 0.318. The molecule has 0 saturated carbocycles. The highest BCUT2D eigenvalue weighted by atomic mass is 32.2. The first-order valence-electron chi connectivity index (χ1n) is 7.03. The lowest BCUT2D eigenvalue weighted by Gasteiger charge is -2.20. The maximum absolute atomic E-state index is 12.3. The fraction of sp³-hybridized carbons (Fsp3) is 0.500. The lowest BCUT2D eigenvalue weighted by Crippen LogP contribution is -2.46. The van der Waals surface area contributed by atoms with Gasteiger partial charge in [0.05, 0.1) is 6.54 Å². The van der Waals surface area contributed by atoms with E-state index in [1.54, 1.807) is 0 Å². The summed E-state index contributed by atoms with van der Waals surface area (Å²) in [5.74, 6) is -1.74. The van der Waals surface area contributed by atoms with E-state index in [-0.39, 0.29) is 17.2 Å². The van der Waals surface area contributed by atoms with Gasteiger partial charge in [-0.1, -0.05) is 13.8 Å². The van der Waals surface area contributed by atoms with Crippen LogP contribution in [0.4, 0.5) is 0 Å². The number of aliphatic carboxylic acids is 1. The van der Waals surface area contributed by atoms with E-state index in [0.29, 0.717) is 0 Å². The number of carboxylic acids is 1. The van der Waals surface area contributed by atoms with E-state index in [1.165, 1.54) is 31.6 Å². The molecular weight excluding hydrogens is 322 g/mol. The van der Waals surface area contributed by atoms with Gasteiger partial charge in [-0.3, -0.25) is 9.78 Å². The Bertz CT molecular complexity index is 646. The van der Waals surface area contributed by atoms with Crippen LogP contribution in [-0.4, -0.2) is 54.3 Å². The fourth-order valence-electron chi connectivity index (χ4n) is 1.90. The fourth-order valence-corrected chi connectivity index (χ4v) is 2.99. The van der Waals surface area contributed by atoms with E-state index < -0.39 is 34.5 Å². The molecule has 0 aliphatic carbocycles. The van der Waals surface area contributed by atoms with Crippen LogP contribution in [0, 0.1) is 5.92 Å². The van der Waals surface area contributed by atoms with Crippen LogP contribution in [0.1, 0.15) is 20.3 Å². The standard InChI is InChI=1S/C14H21N3O5S/c1-10(2)7-12(14(19)20)16-13(18)9-17(3)23(21,22)11-5-4-6-15-8-11/h4-6,8,10,12H,7,9H2,1-3H3,(H,16,18)(H,19,20).